The van der Waals surface area contributed by atoms with E-state index in [1.165, 1.54) is 0 Å². The zero-order valence-corrected chi connectivity index (χ0v) is 18.7. The molecule has 2 rings (SSSR count). The van der Waals surface area contributed by atoms with Crippen LogP contribution in [0.2, 0.25) is 5.02 Å². The van der Waals surface area contributed by atoms with Crippen molar-refractivity contribution in [1.82, 2.24) is 10.6 Å². The van der Waals surface area contributed by atoms with Gasteiger partial charge >= 0.3 is 0 Å². The first-order chi connectivity index (χ1) is 13.9. The highest BCUT2D eigenvalue weighted by atomic mass is 35.5. The van der Waals surface area contributed by atoms with Gasteiger partial charge in [-0.2, -0.15) is 5.26 Å². The van der Waals surface area contributed by atoms with Crippen molar-refractivity contribution in [2.24, 2.45) is 0 Å². The molecule has 0 radical (unpaired) electrons. The smallest absolute Gasteiger partial charge is 0.171 e. The first-order valence-corrected chi connectivity index (χ1v) is 10.6. The lowest BCUT2D eigenvalue weighted by molar-refractivity contribution is 0.155. The third-order valence-electron chi connectivity index (χ3n) is 4.48. The minimum absolute atomic E-state index is 0.00494. The van der Waals surface area contributed by atoms with Gasteiger partial charge in [0.2, 0.25) is 0 Å². The van der Waals surface area contributed by atoms with Crippen LogP contribution >= 0.6 is 23.8 Å². The molecule has 0 spiro atoms. The van der Waals surface area contributed by atoms with Crippen molar-refractivity contribution >= 4 is 34.6 Å². The molecule has 0 saturated heterocycles. The van der Waals surface area contributed by atoms with E-state index < -0.39 is 0 Å². The van der Waals surface area contributed by atoms with E-state index in [1.54, 1.807) is 13.2 Å². The van der Waals surface area contributed by atoms with Crippen LogP contribution in [0.25, 0.3) is 0 Å². The van der Waals surface area contributed by atoms with Crippen molar-refractivity contribution in [1.29, 1.82) is 5.26 Å². The van der Waals surface area contributed by atoms with E-state index in [1.807, 2.05) is 32.1 Å². The average Bonchev–Trinajstić information content (AvgIpc) is 3.52. The van der Waals surface area contributed by atoms with Crippen molar-refractivity contribution in [2.45, 2.75) is 57.7 Å². The Balaban J connectivity index is 1.82. The largest absolute Gasteiger partial charge is 0.493 e. The van der Waals surface area contributed by atoms with Gasteiger partial charge < -0.3 is 25.4 Å². The number of allylic oxidation sites excluding steroid dienone is 1. The minimum atomic E-state index is -0.340. The van der Waals surface area contributed by atoms with E-state index >= 15 is 0 Å². The lowest BCUT2D eigenvalue weighted by Gasteiger charge is -2.17. The molecule has 3 N–H and O–H groups in total. The maximum absolute atomic E-state index is 9.42. The summed E-state index contributed by atoms with van der Waals surface area (Å²) in [5.41, 5.74) is 1.72. The predicted octanol–water partition coefficient (Wildman–Crippen LogP) is 4.37. The molecular weight excluding hydrogens is 408 g/mol. The van der Waals surface area contributed by atoms with Crippen LogP contribution in [0, 0.1) is 11.3 Å². The van der Waals surface area contributed by atoms with Gasteiger partial charge in [0.25, 0.3) is 0 Å². The molecule has 1 aromatic carbocycles. The fourth-order valence-corrected chi connectivity index (χ4v) is 3.06. The van der Waals surface area contributed by atoms with Crippen LogP contribution in [0.1, 0.15) is 39.5 Å². The molecule has 1 aromatic rings. The number of methoxy groups -OCH3 is 1. The summed E-state index contributed by atoms with van der Waals surface area (Å²) in [5.74, 6) is 0.651. The number of nitriles is 1. The van der Waals surface area contributed by atoms with Crippen LogP contribution < -0.4 is 20.7 Å². The summed E-state index contributed by atoms with van der Waals surface area (Å²) in [7, 11) is 1.66. The van der Waals surface area contributed by atoms with Gasteiger partial charge in [0.1, 0.15) is 11.8 Å². The Labute approximate surface area is 183 Å². The van der Waals surface area contributed by atoms with Gasteiger partial charge in [-0.3, -0.25) is 0 Å². The van der Waals surface area contributed by atoms with E-state index in [0.29, 0.717) is 35.0 Å². The van der Waals surface area contributed by atoms with E-state index in [4.69, 9.17) is 33.3 Å². The van der Waals surface area contributed by atoms with E-state index in [0.717, 1.165) is 30.6 Å². The number of thiocarbonyl (C=S) groups is 1. The van der Waals surface area contributed by atoms with E-state index in [9.17, 15) is 5.26 Å². The second-order valence-electron chi connectivity index (χ2n) is 6.96. The predicted molar refractivity (Wildman–Crippen MR) is 121 cm³/mol. The third kappa shape index (κ3) is 8.48. The average molecular weight is 437 g/mol. The van der Waals surface area contributed by atoms with Crippen LogP contribution in [-0.4, -0.2) is 37.0 Å². The standard InChI is InChI=1S/C21H29ClN4O2S/c1-4-15(11-14(2)27-3)24-17(13-23)9-10-28-18-7-8-20(19(22)12-18)26-21(29)25-16-5-6-16/h7-8,11-12,14,16-17,24H,4-6,9-10H2,1-3H3,(H2,25,26,29)/b15-11+/t14?,17-/m0/s1. The van der Waals surface area contributed by atoms with Crippen molar-refractivity contribution in [2.75, 3.05) is 19.0 Å². The van der Waals surface area contributed by atoms with Crippen LogP contribution in [-0.2, 0) is 4.74 Å². The Kier molecular flexibility index (Phi) is 9.52. The van der Waals surface area contributed by atoms with Gasteiger partial charge in [-0.25, -0.2) is 0 Å². The molecule has 8 heteroatoms. The van der Waals surface area contributed by atoms with Crippen molar-refractivity contribution in [3.8, 4) is 11.8 Å². The molecule has 0 bridgehead atoms. The van der Waals surface area contributed by atoms with Gasteiger partial charge in [0.15, 0.2) is 5.11 Å². The first kappa shape index (κ1) is 23.3. The quantitative estimate of drug-likeness (QED) is 0.444. The number of halogens is 1. The van der Waals surface area contributed by atoms with Gasteiger partial charge in [0, 0.05) is 31.3 Å². The van der Waals surface area contributed by atoms with Gasteiger partial charge in [-0.05, 0) is 56.6 Å². The summed E-state index contributed by atoms with van der Waals surface area (Å²) < 4.78 is 11.0. The zero-order valence-electron chi connectivity index (χ0n) is 17.1. The molecule has 0 amide bonds. The number of nitrogens with zero attached hydrogens (tertiary/aromatic N) is 1. The lowest BCUT2D eigenvalue weighted by atomic mass is 10.2. The molecule has 29 heavy (non-hydrogen) atoms. The molecule has 0 heterocycles. The number of benzene rings is 1. The first-order valence-electron chi connectivity index (χ1n) is 9.84. The van der Waals surface area contributed by atoms with Crippen LogP contribution in [0.3, 0.4) is 0 Å². The summed E-state index contributed by atoms with van der Waals surface area (Å²) in [6.45, 7) is 4.39. The highest BCUT2D eigenvalue weighted by Gasteiger charge is 2.22. The second-order valence-corrected chi connectivity index (χ2v) is 7.78. The van der Waals surface area contributed by atoms with Crippen LogP contribution in [0.5, 0.6) is 5.75 Å². The molecule has 158 valence electrons. The monoisotopic (exact) mass is 436 g/mol. The Morgan fingerprint density at radius 1 is 1.45 bits per heavy atom. The van der Waals surface area contributed by atoms with Gasteiger partial charge in [-0.1, -0.05) is 18.5 Å². The van der Waals surface area contributed by atoms with E-state index in [-0.39, 0.29) is 12.1 Å². The van der Waals surface area contributed by atoms with Gasteiger partial charge in [-0.15, -0.1) is 0 Å². The molecule has 0 aliphatic heterocycles. The zero-order chi connectivity index (χ0) is 21.2. The number of hydrogen-bond donors (Lipinski definition) is 3. The molecular formula is C21H29ClN4O2S. The maximum atomic E-state index is 9.42. The van der Waals surface area contributed by atoms with Crippen molar-refractivity contribution in [3.05, 3.63) is 35.0 Å². The van der Waals surface area contributed by atoms with Crippen LogP contribution in [0.4, 0.5) is 5.69 Å². The van der Waals surface area contributed by atoms with Gasteiger partial charge in [0.05, 0.1) is 29.5 Å². The maximum Gasteiger partial charge on any atom is 0.171 e. The Hall–Kier alpha value is -2.01. The molecule has 0 aromatic heterocycles. The normalized spacial score (nSPS) is 15.8. The Morgan fingerprint density at radius 3 is 2.79 bits per heavy atom. The number of ether oxygens (including phenoxy) is 2. The third-order valence-corrected chi connectivity index (χ3v) is 5.01. The minimum Gasteiger partial charge on any atom is -0.493 e. The number of hydrogen-bond acceptors (Lipinski definition) is 5. The fraction of sp³-hybridized carbons (Fsp3) is 0.524. The fourth-order valence-electron chi connectivity index (χ4n) is 2.57. The highest BCUT2D eigenvalue weighted by Crippen LogP contribution is 2.27. The molecule has 1 aliphatic carbocycles. The second kappa shape index (κ2) is 11.9. The summed E-state index contributed by atoms with van der Waals surface area (Å²) in [6, 6.07) is 7.84. The number of anilines is 1. The van der Waals surface area contributed by atoms with Crippen molar-refractivity contribution < 1.29 is 9.47 Å². The number of rotatable bonds is 11. The molecule has 2 atom stereocenters. The lowest BCUT2D eigenvalue weighted by Crippen LogP contribution is -2.30. The highest BCUT2D eigenvalue weighted by molar-refractivity contribution is 7.80. The Morgan fingerprint density at radius 2 is 2.21 bits per heavy atom. The summed E-state index contributed by atoms with van der Waals surface area (Å²) in [5, 5.41) is 20.1. The molecule has 1 fully saturated rings. The topological polar surface area (TPSA) is 78.3 Å². The summed E-state index contributed by atoms with van der Waals surface area (Å²) >= 11 is 11.6. The van der Waals surface area contributed by atoms with E-state index in [2.05, 4.69) is 22.0 Å². The SMILES string of the molecule is CC/C(=C\C(C)OC)N[C@H](C#N)CCOc1ccc(NC(=S)NC2CC2)c(Cl)c1. The van der Waals surface area contributed by atoms with Crippen LogP contribution in [0.15, 0.2) is 30.0 Å². The molecule has 1 aliphatic rings. The molecule has 1 saturated carbocycles. The molecule has 6 nitrogen and oxygen atoms in total. The molecule has 1 unspecified atom stereocenters. The number of nitrogens with one attached hydrogen (secondary N) is 3. The Bertz CT molecular complexity index is 762. The summed E-state index contributed by atoms with van der Waals surface area (Å²) in [6.07, 6.45) is 5.63. The summed E-state index contributed by atoms with van der Waals surface area (Å²) in [4.78, 5) is 0. The van der Waals surface area contributed by atoms with Crippen molar-refractivity contribution in [3.63, 3.8) is 0 Å².